The van der Waals surface area contributed by atoms with E-state index in [2.05, 4.69) is 0 Å². The predicted octanol–water partition coefficient (Wildman–Crippen LogP) is 1.84. The van der Waals surface area contributed by atoms with Crippen molar-refractivity contribution in [2.75, 3.05) is 6.61 Å². The number of rotatable bonds is 3. The van der Waals surface area contributed by atoms with Crippen LogP contribution in [0.15, 0.2) is 0 Å². The maximum atomic E-state index is 11.0. The molecule has 2 nitrogen and oxygen atoms in total. The van der Waals surface area contributed by atoms with Crippen LogP contribution in [0, 0.1) is 11.8 Å². The topological polar surface area (TPSA) is 26.3 Å². The molecule has 10 heavy (non-hydrogen) atoms. The number of esters is 1. The highest BCUT2D eigenvalue weighted by Gasteiger charge is 2.16. The van der Waals surface area contributed by atoms with E-state index in [9.17, 15) is 4.79 Å². The molecule has 0 fully saturated rings. The summed E-state index contributed by atoms with van der Waals surface area (Å²) in [5, 5.41) is 0. The van der Waals surface area contributed by atoms with Crippen molar-refractivity contribution in [1.29, 1.82) is 0 Å². The molecule has 0 spiro atoms. The first-order chi connectivity index (χ1) is 4.59. The van der Waals surface area contributed by atoms with E-state index in [1.165, 1.54) is 0 Å². The van der Waals surface area contributed by atoms with Crippen LogP contribution in [0.25, 0.3) is 0 Å². The molecule has 0 amide bonds. The fourth-order valence-corrected chi connectivity index (χ4v) is 0.546. The average Bonchev–Trinajstić information content (AvgIpc) is 1.87. The second-order valence-electron chi connectivity index (χ2n) is 2.78. The van der Waals surface area contributed by atoms with E-state index in [-0.39, 0.29) is 11.9 Å². The molecule has 0 heterocycles. The number of hydrogen-bond donors (Lipinski definition) is 0. The minimum absolute atomic E-state index is 0.0277. The molecule has 0 unspecified atom stereocenters. The van der Waals surface area contributed by atoms with E-state index in [1.807, 2.05) is 27.7 Å². The van der Waals surface area contributed by atoms with E-state index >= 15 is 0 Å². The van der Waals surface area contributed by atoms with Crippen molar-refractivity contribution in [2.24, 2.45) is 11.8 Å². The Morgan fingerprint density at radius 2 is 1.90 bits per heavy atom. The lowest BCUT2D eigenvalue weighted by Crippen LogP contribution is -2.19. The molecule has 0 aliphatic rings. The highest BCUT2D eigenvalue weighted by atomic mass is 16.5. The summed E-state index contributed by atoms with van der Waals surface area (Å²) >= 11 is 0. The second kappa shape index (κ2) is 4.31. The van der Waals surface area contributed by atoms with Gasteiger partial charge in [-0.2, -0.15) is 0 Å². The molecule has 0 aliphatic carbocycles. The largest absolute Gasteiger partial charge is 0.466 e. The van der Waals surface area contributed by atoms with Gasteiger partial charge in [-0.15, -0.1) is 0 Å². The number of carbonyl (C=O) groups excluding carboxylic acids is 1. The van der Waals surface area contributed by atoms with Crippen molar-refractivity contribution in [1.82, 2.24) is 0 Å². The molecule has 0 radical (unpaired) electrons. The number of hydrogen-bond acceptors (Lipinski definition) is 2. The summed E-state index contributed by atoms with van der Waals surface area (Å²) in [6, 6.07) is 0. The Bertz CT molecular complexity index is 108. The molecule has 1 atom stereocenters. The summed E-state index contributed by atoms with van der Waals surface area (Å²) in [5.74, 6) is 0.316. The lowest BCUT2D eigenvalue weighted by atomic mass is 9.99. The van der Waals surface area contributed by atoms with Crippen LogP contribution in [-0.4, -0.2) is 12.6 Å². The normalized spacial score (nSPS) is 13.3. The molecule has 0 saturated heterocycles. The minimum atomic E-state index is -0.0856. The van der Waals surface area contributed by atoms with Crippen molar-refractivity contribution < 1.29 is 9.53 Å². The molecule has 0 aromatic carbocycles. The minimum Gasteiger partial charge on any atom is -0.466 e. The van der Waals surface area contributed by atoms with Crippen LogP contribution in [-0.2, 0) is 9.53 Å². The maximum Gasteiger partial charge on any atom is 0.308 e. The zero-order valence-electron chi connectivity index (χ0n) is 7.18. The Labute approximate surface area is 62.6 Å². The van der Waals surface area contributed by atoms with E-state index in [1.54, 1.807) is 0 Å². The maximum absolute atomic E-state index is 11.0. The van der Waals surface area contributed by atoms with Gasteiger partial charge >= 0.3 is 5.97 Å². The highest BCUT2D eigenvalue weighted by molar-refractivity contribution is 5.72. The lowest BCUT2D eigenvalue weighted by Gasteiger charge is -2.12. The number of carbonyl (C=O) groups is 1. The third-order valence-corrected chi connectivity index (χ3v) is 1.66. The van der Waals surface area contributed by atoms with E-state index < -0.39 is 0 Å². The monoisotopic (exact) mass is 144 g/mol. The van der Waals surface area contributed by atoms with Crippen LogP contribution in [0.5, 0.6) is 0 Å². The first kappa shape index (κ1) is 9.47. The third kappa shape index (κ3) is 2.85. The summed E-state index contributed by atoms with van der Waals surface area (Å²) in [4.78, 5) is 11.0. The standard InChI is InChI=1S/C8H16O2/c1-5-10-8(9)7(4)6(2)3/h6-7H,5H2,1-4H3/t7-/m0/s1. The van der Waals surface area contributed by atoms with Gasteiger partial charge in [-0.05, 0) is 12.8 Å². The van der Waals surface area contributed by atoms with Crippen molar-refractivity contribution in [2.45, 2.75) is 27.7 Å². The molecule has 0 aromatic rings. The van der Waals surface area contributed by atoms with Crippen LogP contribution in [0.1, 0.15) is 27.7 Å². The Kier molecular flexibility index (Phi) is 4.08. The Hall–Kier alpha value is -0.530. The van der Waals surface area contributed by atoms with Crippen molar-refractivity contribution in [3.05, 3.63) is 0 Å². The molecule has 2 heteroatoms. The van der Waals surface area contributed by atoms with E-state index in [0.717, 1.165) is 0 Å². The number of ether oxygens (including phenoxy) is 1. The van der Waals surface area contributed by atoms with Gasteiger partial charge in [-0.25, -0.2) is 0 Å². The van der Waals surface area contributed by atoms with Gasteiger partial charge < -0.3 is 4.74 Å². The smallest absolute Gasteiger partial charge is 0.308 e. The molecule has 0 bridgehead atoms. The zero-order valence-corrected chi connectivity index (χ0v) is 7.18. The van der Waals surface area contributed by atoms with Crippen LogP contribution in [0.4, 0.5) is 0 Å². The van der Waals surface area contributed by atoms with Crippen molar-refractivity contribution >= 4 is 5.97 Å². The van der Waals surface area contributed by atoms with Gasteiger partial charge in [0.25, 0.3) is 0 Å². The fraction of sp³-hybridized carbons (Fsp3) is 0.875. The molecule has 0 rings (SSSR count). The van der Waals surface area contributed by atoms with Crippen LogP contribution in [0.3, 0.4) is 0 Å². The zero-order chi connectivity index (χ0) is 8.15. The summed E-state index contributed by atoms with van der Waals surface area (Å²) in [7, 11) is 0. The highest BCUT2D eigenvalue weighted by Crippen LogP contribution is 2.10. The van der Waals surface area contributed by atoms with Gasteiger partial charge in [0.05, 0.1) is 12.5 Å². The van der Waals surface area contributed by atoms with Crippen molar-refractivity contribution in [3.8, 4) is 0 Å². The van der Waals surface area contributed by atoms with Gasteiger partial charge in [0.2, 0.25) is 0 Å². The molecular weight excluding hydrogens is 128 g/mol. The Morgan fingerprint density at radius 1 is 1.40 bits per heavy atom. The molecule has 0 aromatic heterocycles. The van der Waals surface area contributed by atoms with E-state index in [4.69, 9.17) is 4.74 Å². The summed E-state index contributed by atoms with van der Waals surface area (Å²) in [6.07, 6.45) is 0. The molecule has 0 N–H and O–H groups in total. The molecule has 60 valence electrons. The van der Waals surface area contributed by atoms with Gasteiger partial charge in [0.1, 0.15) is 0 Å². The summed E-state index contributed by atoms with van der Waals surface area (Å²) in [5.41, 5.74) is 0. The summed E-state index contributed by atoms with van der Waals surface area (Å²) < 4.78 is 4.83. The first-order valence-corrected chi connectivity index (χ1v) is 3.76. The fourth-order valence-electron chi connectivity index (χ4n) is 0.546. The first-order valence-electron chi connectivity index (χ1n) is 3.76. The van der Waals surface area contributed by atoms with Gasteiger partial charge in [0.15, 0.2) is 0 Å². The van der Waals surface area contributed by atoms with E-state index in [0.29, 0.717) is 12.5 Å². The Balaban J connectivity index is 3.71. The van der Waals surface area contributed by atoms with Crippen LogP contribution < -0.4 is 0 Å². The second-order valence-corrected chi connectivity index (χ2v) is 2.78. The predicted molar refractivity (Wildman–Crippen MR) is 40.6 cm³/mol. The summed E-state index contributed by atoms with van der Waals surface area (Å²) in [6.45, 7) is 8.23. The van der Waals surface area contributed by atoms with Gasteiger partial charge in [-0.3, -0.25) is 4.79 Å². The van der Waals surface area contributed by atoms with Crippen LogP contribution >= 0.6 is 0 Å². The molecular formula is C8H16O2. The van der Waals surface area contributed by atoms with Gasteiger partial charge in [0, 0.05) is 0 Å². The molecule has 0 aliphatic heterocycles. The molecule has 0 saturated carbocycles. The van der Waals surface area contributed by atoms with Crippen molar-refractivity contribution in [3.63, 3.8) is 0 Å². The third-order valence-electron chi connectivity index (χ3n) is 1.66. The van der Waals surface area contributed by atoms with Gasteiger partial charge in [-0.1, -0.05) is 20.8 Å². The average molecular weight is 144 g/mol. The van der Waals surface area contributed by atoms with Crippen LogP contribution in [0.2, 0.25) is 0 Å². The quantitative estimate of drug-likeness (QED) is 0.565. The SMILES string of the molecule is CCOC(=O)[C@@H](C)C(C)C. The Morgan fingerprint density at radius 3 is 2.20 bits per heavy atom. The lowest BCUT2D eigenvalue weighted by molar-refractivity contribution is -0.148.